The number of H-pyrrole nitrogens is 1. The highest BCUT2D eigenvalue weighted by molar-refractivity contribution is 7.52. The third kappa shape index (κ3) is 6.13. The van der Waals surface area contributed by atoms with Crippen LogP contribution in [0.5, 0.6) is 5.75 Å². The van der Waals surface area contributed by atoms with Crippen molar-refractivity contribution in [2.24, 2.45) is 5.11 Å². The van der Waals surface area contributed by atoms with E-state index >= 15 is 0 Å². The highest BCUT2D eigenvalue weighted by atomic mass is 31.2. The number of hydrogen-bond acceptors (Lipinski definition) is 11. The maximum atomic E-state index is 13.7. The Kier molecular flexibility index (Phi) is 8.29. The molecule has 2 aromatic heterocycles. The molecule has 1 aliphatic rings. The van der Waals surface area contributed by atoms with Gasteiger partial charge in [0.15, 0.2) is 11.2 Å². The summed E-state index contributed by atoms with van der Waals surface area (Å²) in [5.41, 5.74) is 14.5. The number of aromatic amines is 1. The number of nitrogens with two attached hydrogens (primary N) is 1. The van der Waals surface area contributed by atoms with E-state index in [1.165, 1.54) is 17.8 Å². The maximum Gasteiger partial charge on any atom is 0.459 e. The Labute approximate surface area is 215 Å². The van der Waals surface area contributed by atoms with Gasteiger partial charge in [0.25, 0.3) is 5.56 Å². The van der Waals surface area contributed by atoms with Crippen molar-refractivity contribution in [3.63, 3.8) is 0 Å². The number of carbonyl (C=O) groups excluding carboxylic acids is 1. The van der Waals surface area contributed by atoms with Crippen LogP contribution in [0, 0.1) is 0 Å². The zero-order valence-corrected chi connectivity index (χ0v) is 21.4. The average molecular weight is 547 g/mol. The van der Waals surface area contributed by atoms with E-state index < -0.39 is 43.7 Å². The molecule has 1 fully saturated rings. The minimum absolute atomic E-state index is 0.0562. The number of rotatable bonds is 11. The van der Waals surface area contributed by atoms with E-state index in [4.69, 9.17) is 29.8 Å². The monoisotopic (exact) mass is 547 g/mol. The fourth-order valence-corrected chi connectivity index (χ4v) is 5.32. The van der Waals surface area contributed by atoms with E-state index in [1.54, 1.807) is 37.3 Å². The van der Waals surface area contributed by atoms with Gasteiger partial charge < -0.3 is 19.7 Å². The smallest absolute Gasteiger partial charge is 0.459 e. The summed E-state index contributed by atoms with van der Waals surface area (Å²) in [5.74, 6) is -0.518. The van der Waals surface area contributed by atoms with Crippen LogP contribution >= 0.6 is 7.75 Å². The number of ether oxygens (including phenoxy) is 2. The van der Waals surface area contributed by atoms with E-state index in [-0.39, 0.29) is 42.5 Å². The highest BCUT2D eigenvalue weighted by Crippen LogP contribution is 2.46. The summed E-state index contributed by atoms with van der Waals surface area (Å²) in [4.78, 5) is 37.7. The number of nitrogens with one attached hydrogen (secondary N) is 2. The van der Waals surface area contributed by atoms with Crippen molar-refractivity contribution >= 4 is 30.8 Å². The minimum atomic E-state index is -4.16. The molecular weight excluding hydrogens is 521 g/mol. The molecule has 1 aromatic carbocycles. The van der Waals surface area contributed by atoms with Crippen molar-refractivity contribution < 1.29 is 27.9 Å². The number of nitrogen functional groups attached to an aromatic ring is 1. The predicted octanol–water partition coefficient (Wildman–Crippen LogP) is 2.41. The molecule has 17 heteroatoms. The van der Waals surface area contributed by atoms with Crippen LogP contribution in [-0.2, 0) is 23.4 Å². The largest absolute Gasteiger partial charge is 0.465 e. The Bertz CT molecular complexity index is 1440. The van der Waals surface area contributed by atoms with Crippen molar-refractivity contribution in [1.82, 2.24) is 24.6 Å². The number of para-hydroxylation sites is 1. The van der Waals surface area contributed by atoms with Crippen molar-refractivity contribution in [2.75, 3.05) is 18.9 Å². The van der Waals surface area contributed by atoms with Gasteiger partial charge in [0, 0.05) is 11.3 Å². The number of imidazole rings is 1. The first-order valence-corrected chi connectivity index (χ1v) is 13.1. The number of esters is 1. The fourth-order valence-electron chi connectivity index (χ4n) is 3.82. The zero-order chi connectivity index (χ0) is 27.3. The molecule has 0 aliphatic carbocycles. The van der Waals surface area contributed by atoms with E-state index in [9.17, 15) is 14.2 Å². The number of fused-ring (bicyclic) bond motifs is 1. The third-order valence-electron chi connectivity index (χ3n) is 5.53. The molecule has 16 nitrogen and oxygen atoms in total. The van der Waals surface area contributed by atoms with E-state index in [0.717, 1.165) is 0 Å². The van der Waals surface area contributed by atoms with Gasteiger partial charge in [0.05, 0.1) is 31.7 Å². The molecule has 0 amide bonds. The average Bonchev–Trinajstić information content (AvgIpc) is 3.48. The predicted molar refractivity (Wildman–Crippen MR) is 134 cm³/mol. The quantitative estimate of drug-likeness (QED) is 0.104. The third-order valence-corrected chi connectivity index (χ3v) is 7.18. The lowest BCUT2D eigenvalue weighted by molar-refractivity contribution is -0.144. The summed E-state index contributed by atoms with van der Waals surface area (Å²) in [6.45, 7) is 2.90. The summed E-state index contributed by atoms with van der Waals surface area (Å²) in [7, 11) is -4.16. The maximum absolute atomic E-state index is 13.7. The Hall–Kier alpha value is -3.94. The van der Waals surface area contributed by atoms with Crippen LogP contribution in [0.1, 0.15) is 26.5 Å². The SMILES string of the molecule is CCOC(=O)[C@H](C)NP(=O)(OC[C@@H]1O[C@H](n2cnc3c(=O)[nH]c(N)nc32)C[C@H]1N=[N+]=[N-])Oc1ccccc1. The van der Waals surface area contributed by atoms with Crippen LogP contribution < -0.4 is 20.9 Å². The zero-order valence-electron chi connectivity index (χ0n) is 20.5. The van der Waals surface area contributed by atoms with Crippen LogP contribution in [-0.4, -0.2) is 56.9 Å². The van der Waals surface area contributed by atoms with Gasteiger partial charge in [0.1, 0.15) is 18.0 Å². The lowest BCUT2D eigenvalue weighted by atomic mass is 10.1. The highest BCUT2D eigenvalue weighted by Gasteiger charge is 2.40. The molecular formula is C21H26N9O7P. The lowest BCUT2D eigenvalue weighted by Crippen LogP contribution is -2.36. The summed E-state index contributed by atoms with van der Waals surface area (Å²) in [5, 5.41) is 6.36. The summed E-state index contributed by atoms with van der Waals surface area (Å²) in [6.07, 6.45) is -0.0906. The van der Waals surface area contributed by atoms with Crippen molar-refractivity contribution in [3.8, 4) is 5.75 Å². The number of benzene rings is 1. The molecule has 4 rings (SSSR count). The molecule has 3 aromatic rings. The fraction of sp³-hybridized carbons (Fsp3) is 0.429. The lowest BCUT2D eigenvalue weighted by Gasteiger charge is -2.24. The molecule has 0 spiro atoms. The van der Waals surface area contributed by atoms with E-state index in [2.05, 4.69) is 30.1 Å². The van der Waals surface area contributed by atoms with Crippen LogP contribution in [0.15, 0.2) is 46.6 Å². The van der Waals surface area contributed by atoms with Gasteiger partial charge in [-0.25, -0.2) is 9.55 Å². The molecule has 202 valence electrons. The summed E-state index contributed by atoms with van der Waals surface area (Å²) in [6, 6.07) is 6.48. The van der Waals surface area contributed by atoms with Crippen molar-refractivity contribution in [2.45, 2.75) is 44.7 Å². The van der Waals surface area contributed by atoms with Gasteiger partial charge >= 0.3 is 13.7 Å². The minimum Gasteiger partial charge on any atom is -0.465 e. The van der Waals surface area contributed by atoms with Crippen LogP contribution in [0.25, 0.3) is 21.6 Å². The number of anilines is 1. The summed E-state index contributed by atoms with van der Waals surface area (Å²) >= 11 is 0. The van der Waals surface area contributed by atoms with E-state index in [0.29, 0.717) is 0 Å². The van der Waals surface area contributed by atoms with Gasteiger partial charge in [-0.15, -0.1) is 0 Å². The molecule has 1 saturated heterocycles. The molecule has 38 heavy (non-hydrogen) atoms. The number of nitrogens with zero attached hydrogens (tertiary/aromatic N) is 6. The van der Waals surface area contributed by atoms with Gasteiger partial charge in [-0.2, -0.15) is 10.1 Å². The topological polar surface area (TPSA) is 221 Å². The number of aromatic nitrogens is 4. The standard InChI is InChI=1S/C21H26N9O7P/c1-3-34-20(32)12(2)28-38(33,37-13-7-5-4-6-8-13)35-10-15-14(27-29-23)9-16(36-15)30-11-24-17-18(30)25-21(22)26-19(17)31/h4-8,11-12,14-16H,3,9-10H2,1-2H3,(H,28,33)(H3,22,25,26,31)/t12-,14+,15-,16-,38?/m0/s1. The second-order valence-electron chi connectivity index (χ2n) is 8.21. The van der Waals surface area contributed by atoms with Gasteiger partial charge in [-0.3, -0.25) is 23.7 Å². The van der Waals surface area contributed by atoms with Crippen LogP contribution in [0.4, 0.5) is 5.95 Å². The Balaban J connectivity index is 1.55. The molecule has 3 heterocycles. The second-order valence-corrected chi connectivity index (χ2v) is 9.91. The van der Waals surface area contributed by atoms with Crippen molar-refractivity contribution in [3.05, 3.63) is 57.5 Å². The summed E-state index contributed by atoms with van der Waals surface area (Å²) < 4.78 is 37.5. The molecule has 1 unspecified atom stereocenters. The van der Waals surface area contributed by atoms with Gasteiger partial charge in [-0.05, 0) is 31.5 Å². The van der Waals surface area contributed by atoms with Gasteiger partial charge in [0.2, 0.25) is 5.95 Å². The first-order chi connectivity index (χ1) is 18.2. The molecule has 4 N–H and O–H groups in total. The molecule has 1 aliphatic heterocycles. The number of carbonyl (C=O) groups is 1. The Morgan fingerprint density at radius 2 is 2.21 bits per heavy atom. The Morgan fingerprint density at radius 3 is 2.92 bits per heavy atom. The normalized spacial score (nSPS) is 21.4. The molecule has 0 bridgehead atoms. The first kappa shape index (κ1) is 27.1. The molecule has 0 saturated carbocycles. The molecule has 0 radical (unpaired) electrons. The number of hydrogen-bond donors (Lipinski definition) is 3. The first-order valence-electron chi connectivity index (χ1n) is 11.6. The molecule has 5 atom stereocenters. The Morgan fingerprint density at radius 1 is 1.45 bits per heavy atom. The van der Waals surface area contributed by atoms with Crippen LogP contribution in [0.2, 0.25) is 0 Å². The van der Waals surface area contributed by atoms with Gasteiger partial charge in [-0.1, -0.05) is 23.3 Å². The van der Waals surface area contributed by atoms with E-state index in [1.807, 2.05) is 0 Å². The van der Waals surface area contributed by atoms with Crippen LogP contribution in [0.3, 0.4) is 0 Å². The number of azide groups is 1. The van der Waals surface area contributed by atoms with Crippen molar-refractivity contribution in [1.29, 1.82) is 0 Å². The second kappa shape index (κ2) is 11.6.